The molecule has 1 aromatic heterocycles. The number of amides is 1. The standard InChI is InChI=1S/C20H28N2O5S/c1-5-22(6-2)28(24,25)17-11-12-19(26-4)18(14-17)20(23)21-15(3)9-10-16-8-7-13-27-16/h7-8,11-15H,5-6,9-10H2,1-4H3,(H,21,23). The minimum atomic E-state index is -3.67. The lowest BCUT2D eigenvalue weighted by atomic mass is 10.1. The van der Waals surface area contributed by atoms with Gasteiger partial charge < -0.3 is 14.5 Å². The molecule has 1 heterocycles. The molecule has 1 N–H and O–H groups in total. The smallest absolute Gasteiger partial charge is 0.255 e. The van der Waals surface area contributed by atoms with Crippen molar-refractivity contribution in [2.45, 2.75) is 44.6 Å². The van der Waals surface area contributed by atoms with Crippen LogP contribution in [0.3, 0.4) is 0 Å². The van der Waals surface area contributed by atoms with Gasteiger partial charge in [-0.15, -0.1) is 0 Å². The van der Waals surface area contributed by atoms with Crippen molar-refractivity contribution in [3.63, 3.8) is 0 Å². The van der Waals surface area contributed by atoms with Crippen molar-refractivity contribution < 1.29 is 22.4 Å². The van der Waals surface area contributed by atoms with Crippen LogP contribution in [0.1, 0.15) is 43.3 Å². The molecule has 0 saturated carbocycles. The van der Waals surface area contributed by atoms with E-state index in [2.05, 4.69) is 5.32 Å². The van der Waals surface area contributed by atoms with Gasteiger partial charge in [0.05, 0.1) is 23.8 Å². The number of methoxy groups -OCH3 is 1. The Bertz CT molecular complexity index is 874. The van der Waals surface area contributed by atoms with Crippen LogP contribution in [0.5, 0.6) is 5.75 Å². The van der Waals surface area contributed by atoms with Gasteiger partial charge in [0.25, 0.3) is 5.91 Å². The number of ether oxygens (including phenoxy) is 1. The van der Waals surface area contributed by atoms with Gasteiger partial charge in [0, 0.05) is 25.6 Å². The molecule has 8 heteroatoms. The van der Waals surface area contributed by atoms with E-state index in [0.717, 1.165) is 5.76 Å². The summed E-state index contributed by atoms with van der Waals surface area (Å²) in [7, 11) is -2.22. The van der Waals surface area contributed by atoms with Gasteiger partial charge >= 0.3 is 0 Å². The molecule has 1 atom stereocenters. The Hall–Kier alpha value is -2.32. The molecule has 1 unspecified atom stereocenters. The highest BCUT2D eigenvalue weighted by Crippen LogP contribution is 2.25. The summed E-state index contributed by atoms with van der Waals surface area (Å²) in [6.45, 7) is 6.16. The molecule has 28 heavy (non-hydrogen) atoms. The third kappa shape index (κ3) is 5.14. The maximum absolute atomic E-state index is 12.8. The first kappa shape index (κ1) is 22.0. The Balaban J connectivity index is 2.19. The number of nitrogens with zero attached hydrogens (tertiary/aromatic N) is 1. The van der Waals surface area contributed by atoms with E-state index in [9.17, 15) is 13.2 Å². The predicted molar refractivity (Wildman–Crippen MR) is 107 cm³/mol. The Morgan fingerprint density at radius 1 is 1.25 bits per heavy atom. The number of hydrogen-bond acceptors (Lipinski definition) is 5. The average Bonchev–Trinajstić information content (AvgIpc) is 3.20. The molecule has 2 aromatic rings. The first-order valence-electron chi connectivity index (χ1n) is 9.34. The lowest BCUT2D eigenvalue weighted by molar-refractivity contribution is 0.0935. The van der Waals surface area contributed by atoms with E-state index >= 15 is 0 Å². The van der Waals surface area contributed by atoms with Gasteiger partial charge in [-0.05, 0) is 43.7 Å². The summed E-state index contributed by atoms with van der Waals surface area (Å²) in [5, 5.41) is 2.90. The normalized spacial score (nSPS) is 12.8. The van der Waals surface area contributed by atoms with Crippen molar-refractivity contribution in [1.29, 1.82) is 0 Å². The van der Waals surface area contributed by atoms with E-state index in [1.807, 2.05) is 19.1 Å². The summed E-state index contributed by atoms with van der Waals surface area (Å²) in [6, 6.07) is 7.94. The van der Waals surface area contributed by atoms with E-state index in [4.69, 9.17) is 9.15 Å². The van der Waals surface area contributed by atoms with Gasteiger partial charge in [-0.3, -0.25) is 4.79 Å². The van der Waals surface area contributed by atoms with E-state index < -0.39 is 10.0 Å². The molecule has 0 saturated heterocycles. The highest BCUT2D eigenvalue weighted by Gasteiger charge is 2.24. The minimum Gasteiger partial charge on any atom is -0.496 e. The predicted octanol–water partition coefficient (Wildman–Crippen LogP) is 3.07. The van der Waals surface area contributed by atoms with E-state index in [1.54, 1.807) is 20.1 Å². The molecule has 154 valence electrons. The van der Waals surface area contributed by atoms with Gasteiger partial charge in [0.15, 0.2) is 0 Å². The van der Waals surface area contributed by atoms with Crippen LogP contribution in [0, 0.1) is 0 Å². The van der Waals surface area contributed by atoms with E-state index in [1.165, 1.54) is 29.6 Å². The van der Waals surface area contributed by atoms with Crippen molar-refractivity contribution in [1.82, 2.24) is 9.62 Å². The van der Waals surface area contributed by atoms with Crippen LogP contribution in [-0.4, -0.2) is 44.9 Å². The number of hydrogen-bond donors (Lipinski definition) is 1. The quantitative estimate of drug-likeness (QED) is 0.653. The third-order valence-electron chi connectivity index (χ3n) is 4.54. The van der Waals surface area contributed by atoms with Crippen molar-refractivity contribution >= 4 is 15.9 Å². The number of furan rings is 1. The molecule has 1 aromatic carbocycles. The van der Waals surface area contributed by atoms with Crippen molar-refractivity contribution in [2.24, 2.45) is 0 Å². The maximum atomic E-state index is 12.8. The Labute approximate surface area is 166 Å². The van der Waals surface area contributed by atoms with Gasteiger partial charge in [-0.1, -0.05) is 13.8 Å². The fourth-order valence-electron chi connectivity index (χ4n) is 2.92. The summed E-state index contributed by atoms with van der Waals surface area (Å²) in [5.41, 5.74) is 0.195. The molecular weight excluding hydrogens is 380 g/mol. The SMILES string of the molecule is CCN(CC)S(=O)(=O)c1ccc(OC)c(C(=O)NC(C)CCc2ccco2)c1. The zero-order chi connectivity index (χ0) is 20.7. The molecule has 0 aliphatic carbocycles. The largest absolute Gasteiger partial charge is 0.496 e. The van der Waals surface area contributed by atoms with Gasteiger partial charge in [0.1, 0.15) is 11.5 Å². The zero-order valence-electron chi connectivity index (χ0n) is 16.8. The van der Waals surface area contributed by atoms with Gasteiger partial charge in [-0.2, -0.15) is 4.31 Å². The number of aryl methyl sites for hydroxylation is 1. The Kier molecular flexibility index (Phi) is 7.65. The molecule has 0 spiro atoms. The lowest BCUT2D eigenvalue weighted by Crippen LogP contribution is -2.34. The second kappa shape index (κ2) is 9.75. The molecule has 2 rings (SSSR count). The maximum Gasteiger partial charge on any atom is 0.255 e. The molecule has 1 amide bonds. The summed E-state index contributed by atoms with van der Waals surface area (Å²) >= 11 is 0. The molecule has 0 aliphatic rings. The Morgan fingerprint density at radius 3 is 2.54 bits per heavy atom. The fourth-order valence-corrected chi connectivity index (χ4v) is 4.41. The second-order valence-corrected chi connectivity index (χ2v) is 8.38. The number of carbonyl (C=O) groups is 1. The van der Waals surface area contributed by atoms with Crippen LogP contribution in [0.25, 0.3) is 0 Å². The van der Waals surface area contributed by atoms with E-state index in [0.29, 0.717) is 31.7 Å². The van der Waals surface area contributed by atoms with Crippen LogP contribution in [0.2, 0.25) is 0 Å². The van der Waals surface area contributed by atoms with Crippen molar-refractivity contribution in [2.75, 3.05) is 20.2 Å². The minimum absolute atomic E-state index is 0.0744. The first-order valence-corrected chi connectivity index (χ1v) is 10.8. The molecular formula is C20H28N2O5S. The molecule has 0 bridgehead atoms. The summed E-state index contributed by atoms with van der Waals surface area (Å²) < 4.78 is 37.5. The van der Waals surface area contributed by atoms with Gasteiger partial charge in [0.2, 0.25) is 10.0 Å². The number of benzene rings is 1. The van der Waals surface area contributed by atoms with Crippen LogP contribution in [0.4, 0.5) is 0 Å². The second-order valence-electron chi connectivity index (χ2n) is 6.44. The number of carbonyl (C=O) groups excluding carboxylic acids is 1. The van der Waals surface area contributed by atoms with Gasteiger partial charge in [-0.25, -0.2) is 8.42 Å². The molecule has 0 fully saturated rings. The average molecular weight is 409 g/mol. The summed E-state index contributed by atoms with van der Waals surface area (Å²) in [6.07, 6.45) is 3.01. The number of rotatable bonds is 10. The third-order valence-corrected chi connectivity index (χ3v) is 6.59. The number of sulfonamides is 1. The van der Waals surface area contributed by atoms with E-state index in [-0.39, 0.29) is 22.4 Å². The van der Waals surface area contributed by atoms with Crippen LogP contribution in [-0.2, 0) is 16.4 Å². The van der Waals surface area contributed by atoms with Crippen molar-refractivity contribution in [3.05, 3.63) is 47.9 Å². The first-order chi connectivity index (χ1) is 13.3. The summed E-state index contributed by atoms with van der Waals surface area (Å²) in [5.74, 6) is 0.806. The molecule has 0 aliphatic heterocycles. The zero-order valence-corrected chi connectivity index (χ0v) is 17.6. The van der Waals surface area contributed by atoms with Crippen LogP contribution >= 0.6 is 0 Å². The Morgan fingerprint density at radius 2 is 1.96 bits per heavy atom. The fraction of sp³-hybridized carbons (Fsp3) is 0.450. The highest BCUT2D eigenvalue weighted by molar-refractivity contribution is 7.89. The number of nitrogens with one attached hydrogen (secondary N) is 1. The molecule has 7 nitrogen and oxygen atoms in total. The monoisotopic (exact) mass is 408 g/mol. The van der Waals surface area contributed by atoms with Crippen LogP contribution < -0.4 is 10.1 Å². The molecule has 0 radical (unpaired) electrons. The topological polar surface area (TPSA) is 88.8 Å². The summed E-state index contributed by atoms with van der Waals surface area (Å²) in [4.78, 5) is 12.8. The lowest BCUT2D eigenvalue weighted by Gasteiger charge is -2.20. The van der Waals surface area contributed by atoms with Crippen molar-refractivity contribution in [3.8, 4) is 5.75 Å². The highest BCUT2D eigenvalue weighted by atomic mass is 32.2. The van der Waals surface area contributed by atoms with Crippen LogP contribution in [0.15, 0.2) is 45.9 Å².